The van der Waals surface area contributed by atoms with E-state index in [1.54, 1.807) is 0 Å². The lowest BCUT2D eigenvalue weighted by Gasteiger charge is -2.12. The van der Waals surface area contributed by atoms with Crippen LogP contribution in [0.3, 0.4) is 0 Å². The third-order valence-corrected chi connectivity index (χ3v) is 2.70. The number of nitrogens with one attached hydrogen (secondary N) is 1. The Kier molecular flexibility index (Phi) is 5.70. The van der Waals surface area contributed by atoms with Crippen LogP contribution in [-0.4, -0.2) is 12.5 Å². The number of carbonyl (C=O) groups excluding carboxylic acids is 1. The predicted molar refractivity (Wildman–Crippen MR) is 70.5 cm³/mol. The van der Waals surface area contributed by atoms with Crippen LogP contribution in [0.25, 0.3) is 0 Å². The maximum absolute atomic E-state index is 11.8. The molecule has 1 aromatic carbocycles. The first-order valence-corrected chi connectivity index (χ1v) is 6.19. The number of nitrogens with two attached hydrogens (primary N) is 1. The normalized spacial score (nSPS) is 12.5. The third-order valence-electron chi connectivity index (χ3n) is 2.70. The zero-order valence-electron chi connectivity index (χ0n) is 10.6. The van der Waals surface area contributed by atoms with Gasteiger partial charge in [0, 0.05) is 6.54 Å². The van der Waals surface area contributed by atoms with E-state index in [2.05, 4.69) is 19.2 Å². The molecule has 0 aliphatic carbocycles. The highest BCUT2D eigenvalue weighted by atomic mass is 16.2. The topological polar surface area (TPSA) is 55.1 Å². The molecule has 17 heavy (non-hydrogen) atoms. The van der Waals surface area contributed by atoms with Crippen LogP contribution in [0, 0.1) is 5.92 Å². The number of hydrogen-bond donors (Lipinski definition) is 2. The van der Waals surface area contributed by atoms with Crippen LogP contribution in [0.2, 0.25) is 0 Å². The lowest BCUT2D eigenvalue weighted by Crippen LogP contribution is -2.34. The zero-order valence-corrected chi connectivity index (χ0v) is 10.6. The van der Waals surface area contributed by atoms with Crippen molar-refractivity contribution in [2.75, 3.05) is 6.54 Å². The molecule has 1 amide bonds. The molecule has 3 nitrogen and oxygen atoms in total. The van der Waals surface area contributed by atoms with Crippen LogP contribution in [0.15, 0.2) is 30.3 Å². The summed E-state index contributed by atoms with van der Waals surface area (Å²) in [6.45, 7) is 5.06. The number of hydrogen-bond acceptors (Lipinski definition) is 2. The summed E-state index contributed by atoms with van der Waals surface area (Å²) < 4.78 is 0. The van der Waals surface area contributed by atoms with Crippen LogP contribution in [0.1, 0.15) is 38.3 Å². The van der Waals surface area contributed by atoms with Crippen molar-refractivity contribution in [3.8, 4) is 0 Å². The Bertz CT molecular complexity index is 335. The quantitative estimate of drug-likeness (QED) is 0.742. The van der Waals surface area contributed by atoms with E-state index < -0.39 is 6.04 Å². The first-order chi connectivity index (χ1) is 8.11. The van der Waals surface area contributed by atoms with Crippen molar-refractivity contribution in [1.82, 2.24) is 5.32 Å². The minimum atomic E-state index is -0.560. The maximum Gasteiger partial charge on any atom is 0.241 e. The number of carbonyl (C=O) groups is 1. The zero-order chi connectivity index (χ0) is 12.7. The monoisotopic (exact) mass is 234 g/mol. The molecule has 3 heteroatoms. The maximum atomic E-state index is 11.8. The second kappa shape index (κ2) is 7.07. The van der Waals surface area contributed by atoms with E-state index in [1.165, 1.54) is 0 Å². The van der Waals surface area contributed by atoms with E-state index in [0.29, 0.717) is 12.5 Å². The average molecular weight is 234 g/mol. The van der Waals surface area contributed by atoms with Gasteiger partial charge in [0.15, 0.2) is 0 Å². The van der Waals surface area contributed by atoms with Crippen molar-refractivity contribution in [3.63, 3.8) is 0 Å². The lowest BCUT2D eigenvalue weighted by atomic mass is 10.1. The molecule has 0 heterocycles. The van der Waals surface area contributed by atoms with E-state index in [4.69, 9.17) is 5.73 Å². The van der Waals surface area contributed by atoms with Gasteiger partial charge in [0.05, 0.1) is 0 Å². The van der Waals surface area contributed by atoms with Crippen molar-refractivity contribution in [2.45, 2.75) is 32.7 Å². The van der Waals surface area contributed by atoms with E-state index in [-0.39, 0.29) is 5.91 Å². The molecule has 0 unspecified atom stereocenters. The molecular formula is C14H22N2O. The van der Waals surface area contributed by atoms with Gasteiger partial charge in [-0.3, -0.25) is 4.79 Å². The predicted octanol–water partition coefficient (Wildman–Crippen LogP) is 2.24. The smallest absolute Gasteiger partial charge is 0.241 e. The van der Waals surface area contributed by atoms with Gasteiger partial charge in [-0.1, -0.05) is 44.2 Å². The van der Waals surface area contributed by atoms with Gasteiger partial charge in [0.25, 0.3) is 0 Å². The lowest BCUT2D eigenvalue weighted by molar-refractivity contribution is -0.122. The van der Waals surface area contributed by atoms with E-state index in [1.807, 2.05) is 30.3 Å². The fourth-order valence-electron chi connectivity index (χ4n) is 1.64. The largest absolute Gasteiger partial charge is 0.354 e. The summed E-state index contributed by atoms with van der Waals surface area (Å²) >= 11 is 0. The number of amides is 1. The van der Waals surface area contributed by atoms with Crippen LogP contribution < -0.4 is 11.1 Å². The van der Waals surface area contributed by atoms with Crippen molar-refractivity contribution >= 4 is 5.91 Å². The fraction of sp³-hybridized carbons (Fsp3) is 0.500. The summed E-state index contributed by atoms with van der Waals surface area (Å²) in [6.07, 6.45) is 2.13. The Morgan fingerprint density at radius 1 is 1.29 bits per heavy atom. The van der Waals surface area contributed by atoms with Gasteiger partial charge in [-0.15, -0.1) is 0 Å². The van der Waals surface area contributed by atoms with Gasteiger partial charge >= 0.3 is 0 Å². The Balaban J connectivity index is 2.33. The SMILES string of the molecule is CC(C)CCCNC(=O)[C@@H](N)c1ccccc1. The third kappa shape index (κ3) is 5.00. The van der Waals surface area contributed by atoms with Crippen molar-refractivity contribution in [1.29, 1.82) is 0 Å². The number of benzene rings is 1. The van der Waals surface area contributed by atoms with Crippen LogP contribution in [0.5, 0.6) is 0 Å². The second-order valence-electron chi connectivity index (χ2n) is 4.72. The fourth-order valence-corrected chi connectivity index (χ4v) is 1.64. The first-order valence-electron chi connectivity index (χ1n) is 6.19. The molecule has 0 bridgehead atoms. The Labute approximate surface area is 103 Å². The Morgan fingerprint density at radius 2 is 1.94 bits per heavy atom. The van der Waals surface area contributed by atoms with Gasteiger partial charge in [0.1, 0.15) is 6.04 Å². The minimum Gasteiger partial charge on any atom is -0.354 e. The van der Waals surface area contributed by atoms with Gasteiger partial charge < -0.3 is 11.1 Å². The highest BCUT2D eigenvalue weighted by molar-refractivity contribution is 5.82. The molecule has 0 aliphatic heterocycles. The minimum absolute atomic E-state index is 0.0973. The Morgan fingerprint density at radius 3 is 2.53 bits per heavy atom. The van der Waals surface area contributed by atoms with Gasteiger partial charge in [-0.05, 0) is 24.3 Å². The summed E-state index contributed by atoms with van der Waals surface area (Å²) in [4.78, 5) is 11.8. The molecule has 1 rings (SSSR count). The molecule has 1 aromatic rings. The molecule has 0 spiro atoms. The summed E-state index contributed by atoms with van der Waals surface area (Å²) in [5.41, 5.74) is 6.72. The molecule has 0 aromatic heterocycles. The molecule has 94 valence electrons. The van der Waals surface area contributed by atoms with Gasteiger partial charge in [0.2, 0.25) is 5.91 Å². The molecule has 0 aliphatic rings. The van der Waals surface area contributed by atoms with Crippen LogP contribution in [0.4, 0.5) is 0 Å². The number of rotatable bonds is 6. The van der Waals surface area contributed by atoms with Crippen molar-refractivity contribution in [3.05, 3.63) is 35.9 Å². The van der Waals surface area contributed by atoms with Crippen LogP contribution >= 0.6 is 0 Å². The second-order valence-corrected chi connectivity index (χ2v) is 4.72. The molecule has 0 radical (unpaired) electrons. The summed E-state index contributed by atoms with van der Waals surface area (Å²) in [5.74, 6) is 0.578. The first kappa shape index (κ1) is 13.7. The molecule has 0 saturated carbocycles. The van der Waals surface area contributed by atoms with Gasteiger partial charge in [-0.25, -0.2) is 0 Å². The molecule has 3 N–H and O–H groups in total. The van der Waals surface area contributed by atoms with Crippen molar-refractivity contribution in [2.24, 2.45) is 11.7 Å². The highest BCUT2D eigenvalue weighted by Gasteiger charge is 2.14. The van der Waals surface area contributed by atoms with Gasteiger partial charge in [-0.2, -0.15) is 0 Å². The van der Waals surface area contributed by atoms with Crippen LogP contribution in [-0.2, 0) is 4.79 Å². The summed E-state index contributed by atoms with van der Waals surface area (Å²) in [6, 6.07) is 8.88. The summed E-state index contributed by atoms with van der Waals surface area (Å²) in [5, 5.41) is 2.87. The van der Waals surface area contributed by atoms with E-state index in [9.17, 15) is 4.79 Å². The summed E-state index contributed by atoms with van der Waals surface area (Å²) in [7, 11) is 0. The molecular weight excluding hydrogens is 212 g/mol. The average Bonchev–Trinajstić information content (AvgIpc) is 2.34. The molecule has 1 atom stereocenters. The standard InChI is InChI=1S/C14H22N2O/c1-11(2)7-6-10-16-14(17)13(15)12-8-4-3-5-9-12/h3-5,8-9,11,13H,6-7,10,15H2,1-2H3,(H,16,17)/t13-/m0/s1. The van der Waals surface area contributed by atoms with E-state index >= 15 is 0 Å². The van der Waals surface area contributed by atoms with E-state index in [0.717, 1.165) is 18.4 Å². The molecule has 0 saturated heterocycles. The van der Waals surface area contributed by atoms with Crippen molar-refractivity contribution < 1.29 is 4.79 Å². The molecule has 0 fully saturated rings. The Hall–Kier alpha value is -1.35. The highest BCUT2D eigenvalue weighted by Crippen LogP contribution is 2.09.